The van der Waals surface area contributed by atoms with Crippen LogP contribution in [0, 0.1) is 0 Å². The Kier molecular flexibility index (Phi) is 4.21. The van der Waals surface area contributed by atoms with Crippen LogP contribution in [0.5, 0.6) is 0 Å². The van der Waals surface area contributed by atoms with Gasteiger partial charge in [-0.3, -0.25) is 9.69 Å². The molecule has 7 heteroatoms. The lowest BCUT2D eigenvalue weighted by Crippen LogP contribution is -2.24. The first-order valence-corrected chi connectivity index (χ1v) is 7.83. The Hall–Kier alpha value is -0.140. The SMILES string of the molecule is CCCSc1nnc(N2CC(Br)CC2=O)s1. The van der Waals surface area contributed by atoms with E-state index in [4.69, 9.17) is 0 Å². The van der Waals surface area contributed by atoms with Crippen molar-refractivity contribution in [3.05, 3.63) is 0 Å². The van der Waals surface area contributed by atoms with Gasteiger partial charge in [0.15, 0.2) is 4.34 Å². The Morgan fingerprint density at radius 2 is 2.44 bits per heavy atom. The summed E-state index contributed by atoms with van der Waals surface area (Å²) in [6.07, 6.45) is 1.67. The summed E-state index contributed by atoms with van der Waals surface area (Å²) < 4.78 is 0.947. The second-order valence-corrected chi connectivity index (χ2v) is 7.10. The van der Waals surface area contributed by atoms with Gasteiger partial charge in [-0.1, -0.05) is 46.0 Å². The number of halogens is 1. The summed E-state index contributed by atoms with van der Waals surface area (Å²) in [5, 5.41) is 8.88. The minimum Gasteiger partial charge on any atom is -0.285 e. The summed E-state index contributed by atoms with van der Waals surface area (Å²) in [5.41, 5.74) is 0. The normalized spacial score (nSPS) is 20.8. The van der Waals surface area contributed by atoms with E-state index in [1.807, 2.05) is 0 Å². The van der Waals surface area contributed by atoms with Crippen LogP contribution >= 0.6 is 39.0 Å². The van der Waals surface area contributed by atoms with Gasteiger partial charge in [-0.25, -0.2) is 0 Å². The molecule has 1 aliphatic rings. The van der Waals surface area contributed by atoms with Crippen LogP contribution in [0.2, 0.25) is 0 Å². The van der Waals surface area contributed by atoms with Gasteiger partial charge < -0.3 is 0 Å². The Morgan fingerprint density at radius 1 is 1.62 bits per heavy atom. The van der Waals surface area contributed by atoms with Gasteiger partial charge in [0.1, 0.15) is 0 Å². The number of carbonyl (C=O) groups excluding carboxylic acids is 1. The molecule has 0 aliphatic carbocycles. The standard InChI is InChI=1S/C9H12BrN3OS2/c1-2-3-15-9-12-11-8(16-9)13-5-6(10)4-7(13)14/h6H,2-5H2,1H3. The fraction of sp³-hybridized carbons (Fsp3) is 0.667. The number of hydrogen-bond acceptors (Lipinski definition) is 5. The van der Waals surface area contributed by atoms with Crippen molar-refractivity contribution in [3.63, 3.8) is 0 Å². The van der Waals surface area contributed by atoms with Crippen molar-refractivity contribution in [1.29, 1.82) is 0 Å². The number of carbonyl (C=O) groups is 1. The lowest BCUT2D eigenvalue weighted by Gasteiger charge is -2.09. The monoisotopic (exact) mass is 321 g/mol. The van der Waals surface area contributed by atoms with Crippen molar-refractivity contribution in [2.75, 3.05) is 17.2 Å². The van der Waals surface area contributed by atoms with Gasteiger partial charge in [0.2, 0.25) is 11.0 Å². The first-order chi connectivity index (χ1) is 7.70. The van der Waals surface area contributed by atoms with Gasteiger partial charge in [0, 0.05) is 23.5 Å². The number of thioether (sulfide) groups is 1. The molecule has 88 valence electrons. The smallest absolute Gasteiger partial charge is 0.230 e. The topological polar surface area (TPSA) is 46.1 Å². The number of amides is 1. The summed E-state index contributed by atoms with van der Waals surface area (Å²) in [7, 11) is 0. The van der Waals surface area contributed by atoms with Crippen molar-refractivity contribution in [2.45, 2.75) is 28.9 Å². The Labute approximate surface area is 111 Å². The van der Waals surface area contributed by atoms with Crippen molar-refractivity contribution in [2.24, 2.45) is 0 Å². The van der Waals surface area contributed by atoms with E-state index in [-0.39, 0.29) is 10.7 Å². The first-order valence-electron chi connectivity index (χ1n) is 5.11. The number of nitrogens with zero attached hydrogens (tertiary/aromatic N) is 3. The van der Waals surface area contributed by atoms with Crippen LogP contribution in [-0.4, -0.2) is 33.2 Å². The molecular weight excluding hydrogens is 310 g/mol. The highest BCUT2D eigenvalue weighted by molar-refractivity contribution is 9.09. The summed E-state index contributed by atoms with van der Waals surface area (Å²) in [6.45, 7) is 2.83. The van der Waals surface area contributed by atoms with Gasteiger partial charge >= 0.3 is 0 Å². The number of aromatic nitrogens is 2. The van der Waals surface area contributed by atoms with E-state index in [2.05, 4.69) is 33.1 Å². The molecule has 16 heavy (non-hydrogen) atoms. The molecule has 1 unspecified atom stereocenters. The van der Waals surface area contributed by atoms with Crippen LogP contribution in [0.25, 0.3) is 0 Å². The second kappa shape index (κ2) is 5.46. The van der Waals surface area contributed by atoms with E-state index < -0.39 is 0 Å². The molecule has 0 N–H and O–H groups in total. The van der Waals surface area contributed by atoms with E-state index in [9.17, 15) is 4.79 Å². The zero-order valence-corrected chi connectivity index (χ0v) is 12.1. The third kappa shape index (κ3) is 2.75. The van der Waals surface area contributed by atoms with Crippen LogP contribution in [0.3, 0.4) is 0 Å². The highest BCUT2D eigenvalue weighted by Crippen LogP contribution is 2.31. The Balaban J connectivity index is 2.04. The summed E-state index contributed by atoms with van der Waals surface area (Å²) in [4.78, 5) is 13.6. The number of anilines is 1. The molecule has 0 aromatic carbocycles. The molecule has 0 saturated carbocycles. The van der Waals surface area contributed by atoms with E-state index in [1.54, 1.807) is 16.7 Å². The van der Waals surface area contributed by atoms with Crippen LogP contribution in [0.15, 0.2) is 4.34 Å². The van der Waals surface area contributed by atoms with Crippen molar-refractivity contribution >= 4 is 50.1 Å². The molecule has 1 aromatic heterocycles. The van der Waals surface area contributed by atoms with E-state index in [0.29, 0.717) is 13.0 Å². The molecule has 1 saturated heterocycles. The largest absolute Gasteiger partial charge is 0.285 e. The zero-order valence-electron chi connectivity index (χ0n) is 8.85. The lowest BCUT2D eigenvalue weighted by atomic mass is 10.4. The summed E-state index contributed by atoms with van der Waals surface area (Å²) in [6, 6.07) is 0. The van der Waals surface area contributed by atoms with E-state index in [1.165, 1.54) is 11.3 Å². The van der Waals surface area contributed by atoms with Crippen molar-refractivity contribution in [1.82, 2.24) is 10.2 Å². The molecule has 0 bridgehead atoms. The molecule has 1 aliphatic heterocycles. The predicted molar refractivity (Wildman–Crippen MR) is 70.6 cm³/mol. The van der Waals surface area contributed by atoms with Crippen LogP contribution in [-0.2, 0) is 4.79 Å². The minimum absolute atomic E-state index is 0.130. The molecule has 0 radical (unpaired) electrons. The molecule has 1 amide bonds. The van der Waals surface area contributed by atoms with E-state index in [0.717, 1.165) is 21.6 Å². The van der Waals surface area contributed by atoms with Gasteiger partial charge in [0.25, 0.3) is 0 Å². The highest BCUT2D eigenvalue weighted by atomic mass is 79.9. The third-order valence-electron chi connectivity index (χ3n) is 2.13. The maximum absolute atomic E-state index is 11.6. The van der Waals surface area contributed by atoms with Gasteiger partial charge in [-0.15, -0.1) is 10.2 Å². The number of rotatable bonds is 4. The number of hydrogen-bond donors (Lipinski definition) is 0. The fourth-order valence-corrected chi connectivity index (χ4v) is 3.77. The highest BCUT2D eigenvalue weighted by Gasteiger charge is 2.31. The Morgan fingerprint density at radius 3 is 3.06 bits per heavy atom. The quantitative estimate of drug-likeness (QED) is 0.485. The maximum atomic E-state index is 11.6. The average Bonchev–Trinajstić information content (AvgIpc) is 2.82. The molecule has 0 spiro atoms. The molecule has 1 fully saturated rings. The minimum atomic E-state index is 0.130. The summed E-state index contributed by atoms with van der Waals surface area (Å²) in [5.74, 6) is 1.17. The van der Waals surface area contributed by atoms with Crippen LogP contribution in [0.4, 0.5) is 5.13 Å². The third-order valence-corrected chi connectivity index (χ3v) is 5.03. The molecular formula is C9H12BrN3OS2. The first kappa shape index (κ1) is 12.3. The Bertz CT molecular complexity index is 385. The van der Waals surface area contributed by atoms with Crippen LogP contribution < -0.4 is 4.90 Å². The fourth-order valence-electron chi connectivity index (χ4n) is 1.41. The van der Waals surface area contributed by atoms with Gasteiger partial charge in [0.05, 0.1) is 0 Å². The summed E-state index contributed by atoms with van der Waals surface area (Å²) >= 11 is 6.65. The molecule has 4 nitrogen and oxygen atoms in total. The van der Waals surface area contributed by atoms with Crippen molar-refractivity contribution in [3.8, 4) is 0 Å². The molecule has 2 heterocycles. The van der Waals surface area contributed by atoms with Crippen molar-refractivity contribution < 1.29 is 4.79 Å². The molecule has 1 atom stereocenters. The van der Waals surface area contributed by atoms with Gasteiger partial charge in [-0.2, -0.15) is 0 Å². The molecule has 2 rings (SSSR count). The van der Waals surface area contributed by atoms with E-state index >= 15 is 0 Å². The van der Waals surface area contributed by atoms with Gasteiger partial charge in [-0.05, 0) is 6.42 Å². The maximum Gasteiger partial charge on any atom is 0.230 e. The molecule has 1 aromatic rings. The second-order valence-electron chi connectivity index (χ2n) is 3.50. The lowest BCUT2D eigenvalue weighted by molar-refractivity contribution is -0.117. The number of alkyl halides is 1. The average molecular weight is 322 g/mol. The van der Waals surface area contributed by atoms with Crippen LogP contribution in [0.1, 0.15) is 19.8 Å². The predicted octanol–water partition coefficient (Wildman–Crippen LogP) is 2.54. The zero-order chi connectivity index (χ0) is 11.5.